The Labute approximate surface area is 727 Å². The van der Waals surface area contributed by atoms with Gasteiger partial charge in [-0.25, -0.2) is 0 Å². The number of hydrogen-bond donors (Lipinski definition) is 0. The highest BCUT2D eigenvalue weighted by atomic mass is 15.2. The fourth-order valence-electron chi connectivity index (χ4n) is 19.6. The zero-order chi connectivity index (χ0) is 82.7. The van der Waals surface area contributed by atoms with E-state index in [2.05, 4.69) is 494 Å². The molecule has 23 aromatic carbocycles. The van der Waals surface area contributed by atoms with Gasteiger partial charge in [-0.15, -0.1) is 0 Å². The van der Waals surface area contributed by atoms with Gasteiger partial charge in [-0.05, 0) is 320 Å². The van der Waals surface area contributed by atoms with E-state index >= 15 is 0 Å². The molecule has 0 atom stereocenters. The molecule has 0 radical (unpaired) electrons. The molecule has 0 saturated carbocycles. The van der Waals surface area contributed by atoms with E-state index in [0.29, 0.717) is 0 Å². The quantitative estimate of drug-likeness (QED) is 0.113. The predicted molar refractivity (Wildman–Crippen MR) is 537 cm³/mol. The molecule has 2 aliphatic rings. The molecule has 0 N–H and O–H groups in total. The minimum Gasteiger partial charge on any atom is -0.310 e. The summed E-state index contributed by atoms with van der Waals surface area (Å²) in [4.78, 5) is 7.09. The minimum atomic E-state index is 1.13. The molecule has 0 unspecified atom stereocenters. The number of para-hydroxylation sites is 2. The normalized spacial score (nSPS) is 12.2. The molecule has 0 heterocycles. The lowest BCUT2D eigenvalue weighted by molar-refractivity contribution is 1.06. The van der Waals surface area contributed by atoms with Crippen molar-refractivity contribution >= 4 is 181 Å². The standard InChI is InChI=1S/2C44H29N.C34H25N/c1-3-11-33-26-38(22-19-30(33)9-1)45(39-23-20-31-10-2-4-12-34(31)27-39)40-24-21-32-17-18-36(25-37(32)28-40)44-29-35-13-5-6-14-41(35)42-15-7-8-16-43(42)44;1-3-11-32-26-38(22-19-30(32)9-1)45(39-23-20-31-10-2-4-12-33(31)27-39)40-24-21-34-25-37(18-17-35(34)28-40)44-29-36-13-5-6-14-41(36)42-15-7-8-16-43(42)44;1-3-12-25(13-4-1)35(26-14-5-2-6-15-26)27-16-9-11-24(23-27)28-21-22-33-30-18-8-7-17-29(30)32-20-10-19-31(28)34(32)33/h2*1-29H;1-6,8-16,18-23H,7,17H2. The molecule has 3 nitrogen and oxygen atoms in total. The van der Waals surface area contributed by atoms with Crippen LogP contribution in [0.2, 0.25) is 0 Å². The summed E-state index contributed by atoms with van der Waals surface area (Å²) in [5.74, 6) is 0. The van der Waals surface area contributed by atoms with Gasteiger partial charge in [0.25, 0.3) is 0 Å². The summed E-state index contributed by atoms with van der Waals surface area (Å²) < 4.78 is 0. The van der Waals surface area contributed by atoms with E-state index in [4.69, 9.17) is 0 Å². The Morgan fingerprint density at radius 3 is 0.952 bits per heavy atom. The van der Waals surface area contributed by atoms with Gasteiger partial charge in [-0.1, -0.05) is 346 Å². The van der Waals surface area contributed by atoms with Gasteiger partial charge in [0, 0.05) is 51.2 Å². The fourth-order valence-corrected chi connectivity index (χ4v) is 19.6. The maximum atomic E-state index is 2.39. The van der Waals surface area contributed by atoms with Crippen LogP contribution in [0.5, 0.6) is 0 Å². The molecule has 0 aliphatic heterocycles. The Balaban J connectivity index is 0.000000109. The van der Waals surface area contributed by atoms with E-state index in [1.54, 1.807) is 0 Å². The Morgan fingerprint density at radius 2 is 0.472 bits per heavy atom. The van der Waals surface area contributed by atoms with Gasteiger partial charge in [-0.3, -0.25) is 0 Å². The fraction of sp³-hybridized carbons (Fsp3) is 0.0164. The molecule has 0 bridgehead atoms. The van der Waals surface area contributed by atoms with Crippen LogP contribution >= 0.6 is 0 Å². The van der Waals surface area contributed by atoms with Crippen LogP contribution in [-0.4, -0.2) is 0 Å². The highest BCUT2D eigenvalue weighted by Gasteiger charge is 2.27. The van der Waals surface area contributed by atoms with Crippen molar-refractivity contribution in [3.05, 3.63) is 490 Å². The number of allylic oxidation sites excluding steroid dienone is 4. The summed E-state index contributed by atoms with van der Waals surface area (Å²) >= 11 is 0. The molecule has 0 fully saturated rings. The third-order valence-electron chi connectivity index (χ3n) is 25.6. The van der Waals surface area contributed by atoms with E-state index in [1.807, 2.05) is 0 Å². The molecule has 25 rings (SSSR count). The number of nitrogens with zero attached hydrogens (tertiary/aromatic N) is 3. The summed E-state index contributed by atoms with van der Waals surface area (Å²) in [7, 11) is 0. The first-order valence-electron chi connectivity index (χ1n) is 43.4. The number of hydrogen-bond acceptors (Lipinski definition) is 3. The average Bonchev–Trinajstić information content (AvgIpc) is 1.52. The first-order chi connectivity index (χ1) is 61.9. The van der Waals surface area contributed by atoms with Gasteiger partial charge in [0.15, 0.2) is 0 Å². The predicted octanol–water partition coefficient (Wildman–Crippen LogP) is 34.7. The van der Waals surface area contributed by atoms with E-state index in [1.165, 1.54) is 174 Å². The third kappa shape index (κ3) is 13.8. The molecule has 0 spiro atoms. The minimum absolute atomic E-state index is 1.13. The Morgan fingerprint density at radius 1 is 0.160 bits per heavy atom. The van der Waals surface area contributed by atoms with Crippen molar-refractivity contribution in [3.8, 4) is 33.4 Å². The molecule has 0 saturated heterocycles. The Bertz CT molecular complexity index is 8070. The largest absolute Gasteiger partial charge is 0.310 e. The van der Waals surface area contributed by atoms with Gasteiger partial charge >= 0.3 is 0 Å². The highest BCUT2D eigenvalue weighted by molar-refractivity contribution is 6.20. The zero-order valence-electron chi connectivity index (χ0n) is 68.9. The number of anilines is 9. The lowest BCUT2D eigenvalue weighted by Gasteiger charge is -2.26. The molecule has 586 valence electrons. The van der Waals surface area contributed by atoms with Gasteiger partial charge in [0.05, 0.1) is 0 Å². The molecule has 125 heavy (non-hydrogen) atoms. The molecule has 23 aromatic rings. The molecule has 2 aliphatic carbocycles. The molecule has 0 aromatic heterocycles. The van der Waals surface area contributed by atoms with Crippen molar-refractivity contribution in [1.29, 1.82) is 0 Å². The van der Waals surface area contributed by atoms with Crippen molar-refractivity contribution < 1.29 is 0 Å². The van der Waals surface area contributed by atoms with Crippen LogP contribution in [0, 0.1) is 0 Å². The average molecular weight is 1590 g/mol. The number of benzene rings is 23. The third-order valence-corrected chi connectivity index (χ3v) is 25.6. The zero-order valence-corrected chi connectivity index (χ0v) is 68.9. The van der Waals surface area contributed by atoms with E-state index in [0.717, 1.165) is 64.0 Å². The van der Waals surface area contributed by atoms with Crippen LogP contribution in [0.1, 0.15) is 24.0 Å². The van der Waals surface area contributed by atoms with Gasteiger partial charge in [0.2, 0.25) is 0 Å². The van der Waals surface area contributed by atoms with E-state index in [-0.39, 0.29) is 0 Å². The van der Waals surface area contributed by atoms with Crippen molar-refractivity contribution in [3.63, 3.8) is 0 Å². The van der Waals surface area contributed by atoms with Crippen molar-refractivity contribution in [2.45, 2.75) is 12.8 Å². The van der Waals surface area contributed by atoms with Crippen LogP contribution in [0.25, 0.3) is 163 Å². The first-order valence-corrected chi connectivity index (χ1v) is 43.4. The molecule has 0 amide bonds. The SMILES string of the molecule is C1=CC2=C(CC1)c1cccc3c(-c4cccc(N(c5ccccc5)c5ccccc5)c4)ccc2c13.c1ccc2cc(N(c3ccc4ccccc4c3)c3ccc4cc(-c5cc6ccccc6c6ccccc56)ccc4c3)ccc2c1.c1ccc2cc(N(c3ccc4ccccc4c3)c3ccc4ccc(-c5cc6ccccc6c6ccccc56)cc4c3)ccc2c1. The smallest absolute Gasteiger partial charge is 0.0468 e. The first kappa shape index (κ1) is 73.9. The van der Waals surface area contributed by atoms with Gasteiger partial charge in [-0.2, -0.15) is 0 Å². The van der Waals surface area contributed by atoms with E-state index < -0.39 is 0 Å². The second-order valence-electron chi connectivity index (χ2n) is 32.9. The number of rotatable bonds is 12. The summed E-state index contributed by atoms with van der Waals surface area (Å²) in [5.41, 5.74) is 23.5. The lowest BCUT2D eigenvalue weighted by atomic mass is 9.92. The lowest BCUT2D eigenvalue weighted by Crippen LogP contribution is -2.10. The van der Waals surface area contributed by atoms with E-state index in [9.17, 15) is 0 Å². The second-order valence-corrected chi connectivity index (χ2v) is 32.9. The van der Waals surface area contributed by atoms with Crippen molar-refractivity contribution in [1.82, 2.24) is 0 Å². The highest BCUT2D eigenvalue weighted by Crippen LogP contribution is 2.51. The van der Waals surface area contributed by atoms with Gasteiger partial charge in [0.1, 0.15) is 0 Å². The summed E-state index contributed by atoms with van der Waals surface area (Å²) in [5, 5.41) is 27.8. The summed E-state index contributed by atoms with van der Waals surface area (Å²) in [6.07, 6.45) is 6.90. The molecular weight excluding hydrogens is 1510 g/mol. The van der Waals surface area contributed by atoms with Gasteiger partial charge < -0.3 is 14.7 Å². The van der Waals surface area contributed by atoms with Crippen LogP contribution in [0.3, 0.4) is 0 Å². The summed E-state index contributed by atoms with van der Waals surface area (Å²) in [6, 6.07) is 170. The maximum Gasteiger partial charge on any atom is 0.0468 e. The summed E-state index contributed by atoms with van der Waals surface area (Å²) in [6.45, 7) is 0. The van der Waals surface area contributed by atoms with Crippen LogP contribution < -0.4 is 14.7 Å². The van der Waals surface area contributed by atoms with Crippen molar-refractivity contribution in [2.24, 2.45) is 0 Å². The van der Waals surface area contributed by atoms with Crippen LogP contribution in [0.4, 0.5) is 51.2 Å². The molecule has 3 heteroatoms. The monoisotopic (exact) mass is 1590 g/mol. The Hall–Kier alpha value is -16.2. The van der Waals surface area contributed by atoms with Crippen LogP contribution in [-0.2, 0) is 0 Å². The second kappa shape index (κ2) is 31.7. The molecular formula is C122H83N3. The Kier molecular flexibility index (Phi) is 18.8. The topological polar surface area (TPSA) is 9.72 Å². The maximum absolute atomic E-state index is 2.39. The van der Waals surface area contributed by atoms with Crippen LogP contribution in [0.15, 0.2) is 479 Å². The number of fused-ring (bicyclic) bond motifs is 14. The van der Waals surface area contributed by atoms with Crippen molar-refractivity contribution in [2.75, 3.05) is 14.7 Å².